The van der Waals surface area contributed by atoms with E-state index in [4.69, 9.17) is 0 Å². The number of nitrogens with one attached hydrogen (secondary N) is 2. The Morgan fingerprint density at radius 2 is 1.91 bits per heavy atom. The standard InChI is InChI=1S/C25H34N4O3/c30-23-11-10-22(24(31)27-23)29-16-18-7-6-17(14-21(18)25(29)32)15-28-13-2-1-5-20(28)9-8-19-4-3-12-26-19/h6-7,14,19-20,22,26H,1-5,8-13,15-16H2,(H,27,30,31)/t19-,20?,22?/m0/s1. The third-order valence-electron chi connectivity index (χ3n) is 7.74. The zero-order chi connectivity index (χ0) is 22.1. The van der Waals surface area contributed by atoms with Crippen LogP contribution < -0.4 is 10.6 Å². The molecule has 4 heterocycles. The first-order valence-corrected chi connectivity index (χ1v) is 12.3. The molecule has 0 aliphatic carbocycles. The van der Waals surface area contributed by atoms with Crippen LogP contribution in [-0.4, -0.2) is 58.7 Å². The quantitative estimate of drug-likeness (QED) is 0.667. The molecule has 32 heavy (non-hydrogen) atoms. The Kier molecular flexibility index (Phi) is 6.28. The van der Waals surface area contributed by atoms with Gasteiger partial charge in [-0.05, 0) is 75.2 Å². The van der Waals surface area contributed by atoms with Gasteiger partial charge in [0.15, 0.2) is 0 Å². The molecule has 4 aliphatic rings. The van der Waals surface area contributed by atoms with Gasteiger partial charge in [-0.2, -0.15) is 0 Å². The first-order valence-electron chi connectivity index (χ1n) is 12.3. The summed E-state index contributed by atoms with van der Waals surface area (Å²) < 4.78 is 0. The fourth-order valence-electron chi connectivity index (χ4n) is 5.93. The smallest absolute Gasteiger partial charge is 0.255 e. The minimum Gasteiger partial charge on any atom is -0.322 e. The van der Waals surface area contributed by atoms with Crippen LogP contribution in [0.15, 0.2) is 18.2 Å². The molecule has 7 nitrogen and oxygen atoms in total. The number of carbonyl (C=O) groups is 3. The summed E-state index contributed by atoms with van der Waals surface area (Å²) in [6.07, 6.45) is 9.61. The largest absolute Gasteiger partial charge is 0.322 e. The Hall–Kier alpha value is -2.25. The fourth-order valence-corrected chi connectivity index (χ4v) is 5.93. The lowest BCUT2D eigenvalue weighted by Gasteiger charge is -2.36. The highest BCUT2D eigenvalue weighted by molar-refractivity contribution is 6.05. The van der Waals surface area contributed by atoms with Gasteiger partial charge in [0, 0.05) is 37.2 Å². The third kappa shape index (κ3) is 4.46. The number of nitrogens with zero attached hydrogens (tertiary/aromatic N) is 2. The number of hydrogen-bond acceptors (Lipinski definition) is 5. The summed E-state index contributed by atoms with van der Waals surface area (Å²) in [4.78, 5) is 41.1. The molecule has 7 heteroatoms. The van der Waals surface area contributed by atoms with Crippen molar-refractivity contribution in [1.29, 1.82) is 0 Å². The van der Waals surface area contributed by atoms with Crippen molar-refractivity contribution < 1.29 is 14.4 Å². The van der Waals surface area contributed by atoms with Gasteiger partial charge in [-0.1, -0.05) is 18.6 Å². The molecule has 3 fully saturated rings. The average Bonchev–Trinajstić information content (AvgIpc) is 3.42. The van der Waals surface area contributed by atoms with Crippen LogP contribution in [0.5, 0.6) is 0 Å². The van der Waals surface area contributed by atoms with Gasteiger partial charge < -0.3 is 10.2 Å². The second-order valence-electron chi connectivity index (χ2n) is 9.88. The normalized spacial score (nSPS) is 28.8. The summed E-state index contributed by atoms with van der Waals surface area (Å²) in [5.74, 6) is -0.688. The first-order chi connectivity index (χ1) is 15.6. The fraction of sp³-hybridized carbons (Fsp3) is 0.640. The monoisotopic (exact) mass is 438 g/mol. The van der Waals surface area contributed by atoms with Gasteiger partial charge in [0.25, 0.3) is 5.91 Å². The van der Waals surface area contributed by atoms with E-state index in [1.165, 1.54) is 50.5 Å². The van der Waals surface area contributed by atoms with Crippen molar-refractivity contribution in [2.45, 2.75) is 89.0 Å². The second kappa shape index (κ2) is 9.32. The van der Waals surface area contributed by atoms with Gasteiger partial charge in [0.1, 0.15) is 6.04 Å². The van der Waals surface area contributed by atoms with Crippen LogP contribution in [0.25, 0.3) is 0 Å². The number of likely N-dealkylation sites (tertiary alicyclic amines) is 1. The third-order valence-corrected chi connectivity index (χ3v) is 7.74. The first kappa shape index (κ1) is 21.6. The number of amides is 3. The molecular weight excluding hydrogens is 404 g/mol. The van der Waals surface area contributed by atoms with E-state index >= 15 is 0 Å². The molecule has 0 spiro atoms. The van der Waals surface area contributed by atoms with Crippen molar-refractivity contribution in [2.75, 3.05) is 13.1 Å². The molecule has 172 valence electrons. The Labute approximate surface area is 189 Å². The van der Waals surface area contributed by atoms with Crippen LogP contribution in [0.2, 0.25) is 0 Å². The second-order valence-corrected chi connectivity index (χ2v) is 9.88. The molecule has 1 aromatic carbocycles. The zero-order valence-electron chi connectivity index (χ0n) is 18.8. The maximum absolute atomic E-state index is 13.1. The molecule has 0 saturated carbocycles. The lowest BCUT2D eigenvalue weighted by Crippen LogP contribution is -2.52. The molecule has 1 aromatic rings. The summed E-state index contributed by atoms with van der Waals surface area (Å²) in [5, 5.41) is 6.00. The van der Waals surface area contributed by atoms with Gasteiger partial charge in [-0.25, -0.2) is 0 Å². The SMILES string of the molecule is O=C1CCC(N2Cc3ccc(CN4CCCCC4CC[C@@H]4CCCN4)cc3C2=O)C(=O)N1. The van der Waals surface area contributed by atoms with Crippen molar-refractivity contribution in [3.63, 3.8) is 0 Å². The van der Waals surface area contributed by atoms with Crippen LogP contribution in [0.1, 0.15) is 79.3 Å². The van der Waals surface area contributed by atoms with E-state index in [1.807, 2.05) is 6.07 Å². The van der Waals surface area contributed by atoms with E-state index in [-0.39, 0.29) is 24.1 Å². The van der Waals surface area contributed by atoms with Crippen molar-refractivity contribution >= 4 is 17.7 Å². The van der Waals surface area contributed by atoms with E-state index in [1.54, 1.807) is 4.90 Å². The molecule has 0 bridgehead atoms. The molecule has 3 amide bonds. The van der Waals surface area contributed by atoms with E-state index in [2.05, 4.69) is 27.7 Å². The maximum atomic E-state index is 13.1. The number of rotatable bonds is 6. The molecule has 2 unspecified atom stereocenters. The van der Waals surface area contributed by atoms with Crippen LogP contribution in [-0.2, 0) is 22.7 Å². The lowest BCUT2D eigenvalue weighted by molar-refractivity contribution is -0.136. The molecular formula is C25H34N4O3. The van der Waals surface area contributed by atoms with Crippen molar-refractivity contribution in [1.82, 2.24) is 20.4 Å². The summed E-state index contributed by atoms with van der Waals surface area (Å²) in [5.41, 5.74) is 2.87. The number of hydrogen-bond donors (Lipinski definition) is 2. The van der Waals surface area contributed by atoms with Crippen LogP contribution in [0.3, 0.4) is 0 Å². The van der Waals surface area contributed by atoms with E-state index in [9.17, 15) is 14.4 Å². The van der Waals surface area contributed by atoms with Gasteiger partial charge in [-0.3, -0.25) is 24.6 Å². The predicted molar refractivity (Wildman–Crippen MR) is 121 cm³/mol. The van der Waals surface area contributed by atoms with Crippen molar-refractivity contribution in [2.24, 2.45) is 0 Å². The van der Waals surface area contributed by atoms with E-state index < -0.39 is 6.04 Å². The Morgan fingerprint density at radius 3 is 2.72 bits per heavy atom. The Bertz CT molecular complexity index is 895. The van der Waals surface area contributed by atoms with Crippen molar-refractivity contribution in [3.8, 4) is 0 Å². The van der Waals surface area contributed by atoms with E-state index in [0.717, 1.165) is 30.8 Å². The van der Waals surface area contributed by atoms with E-state index in [0.29, 0.717) is 25.0 Å². The lowest BCUT2D eigenvalue weighted by atomic mass is 9.94. The number of benzene rings is 1. The predicted octanol–water partition coefficient (Wildman–Crippen LogP) is 2.33. The molecule has 5 rings (SSSR count). The number of imide groups is 1. The molecule has 2 N–H and O–H groups in total. The highest BCUT2D eigenvalue weighted by Gasteiger charge is 2.39. The number of piperidine rings is 2. The van der Waals surface area contributed by atoms with Gasteiger partial charge in [-0.15, -0.1) is 0 Å². The number of fused-ring (bicyclic) bond motifs is 1. The van der Waals surface area contributed by atoms with Crippen LogP contribution >= 0.6 is 0 Å². The molecule has 3 atom stereocenters. The maximum Gasteiger partial charge on any atom is 0.255 e. The Morgan fingerprint density at radius 1 is 1.00 bits per heavy atom. The molecule has 4 aliphatic heterocycles. The minimum absolute atomic E-state index is 0.0844. The highest BCUT2D eigenvalue weighted by Crippen LogP contribution is 2.30. The van der Waals surface area contributed by atoms with Crippen molar-refractivity contribution in [3.05, 3.63) is 34.9 Å². The Balaban J connectivity index is 1.24. The highest BCUT2D eigenvalue weighted by atomic mass is 16.2. The van der Waals surface area contributed by atoms with Crippen LogP contribution in [0, 0.1) is 0 Å². The van der Waals surface area contributed by atoms with Gasteiger partial charge in [0.05, 0.1) is 0 Å². The van der Waals surface area contributed by atoms with Gasteiger partial charge >= 0.3 is 0 Å². The summed E-state index contributed by atoms with van der Waals surface area (Å²) in [7, 11) is 0. The topological polar surface area (TPSA) is 81.8 Å². The molecule has 0 aromatic heterocycles. The van der Waals surface area contributed by atoms with Gasteiger partial charge in [0.2, 0.25) is 11.8 Å². The average molecular weight is 439 g/mol. The number of carbonyl (C=O) groups excluding carboxylic acids is 3. The summed E-state index contributed by atoms with van der Waals surface area (Å²) >= 11 is 0. The molecule has 0 radical (unpaired) electrons. The summed E-state index contributed by atoms with van der Waals surface area (Å²) in [6.45, 7) is 3.61. The zero-order valence-corrected chi connectivity index (χ0v) is 18.8. The minimum atomic E-state index is -0.549. The summed E-state index contributed by atoms with van der Waals surface area (Å²) in [6, 6.07) is 6.99. The molecule has 3 saturated heterocycles. The van der Waals surface area contributed by atoms with Crippen LogP contribution in [0.4, 0.5) is 0 Å².